The SMILES string of the molecule is COc1cc(C=C2C(=O)C3CC45CCOC2C4(COC5=O)O3)ccc1O. The molecule has 0 aliphatic carbocycles. The second-order valence-electron chi connectivity index (χ2n) is 7.25. The van der Waals surface area contributed by atoms with Gasteiger partial charge in [0.2, 0.25) is 0 Å². The molecule has 136 valence electrons. The van der Waals surface area contributed by atoms with E-state index < -0.39 is 23.2 Å². The van der Waals surface area contributed by atoms with Crippen molar-refractivity contribution >= 4 is 17.8 Å². The smallest absolute Gasteiger partial charge is 0.315 e. The van der Waals surface area contributed by atoms with E-state index in [0.717, 1.165) is 0 Å². The maximum absolute atomic E-state index is 13.0. The van der Waals surface area contributed by atoms with Crippen molar-refractivity contribution in [3.63, 3.8) is 0 Å². The third-order valence-electron chi connectivity index (χ3n) is 6.13. The third kappa shape index (κ3) is 1.74. The van der Waals surface area contributed by atoms with Crippen LogP contribution in [-0.2, 0) is 23.8 Å². The van der Waals surface area contributed by atoms with Gasteiger partial charge in [-0.05, 0) is 30.2 Å². The van der Waals surface area contributed by atoms with Crippen LogP contribution in [0.25, 0.3) is 6.08 Å². The largest absolute Gasteiger partial charge is 0.504 e. The number of cyclic esters (lactones) is 1. The molecule has 1 spiro atoms. The fourth-order valence-corrected chi connectivity index (χ4v) is 4.84. The van der Waals surface area contributed by atoms with Gasteiger partial charge in [0.1, 0.15) is 29.8 Å². The van der Waals surface area contributed by atoms with Crippen molar-refractivity contribution < 1.29 is 33.6 Å². The van der Waals surface area contributed by atoms with Crippen molar-refractivity contribution in [3.8, 4) is 11.5 Å². The van der Waals surface area contributed by atoms with Gasteiger partial charge in [-0.15, -0.1) is 0 Å². The van der Waals surface area contributed by atoms with Crippen LogP contribution in [0.4, 0.5) is 0 Å². The number of hydrogen-bond donors (Lipinski definition) is 1. The van der Waals surface area contributed by atoms with Gasteiger partial charge in [-0.1, -0.05) is 6.07 Å². The lowest BCUT2D eigenvalue weighted by Gasteiger charge is -2.46. The monoisotopic (exact) mass is 358 g/mol. The number of ether oxygens (including phenoxy) is 4. The van der Waals surface area contributed by atoms with Gasteiger partial charge in [-0.25, -0.2) is 0 Å². The standard InChI is InChI=1S/C19H18O7/c1-23-13-7-10(2-3-12(13)20)6-11-15(21)14-8-18-4-5-24-16(11)19(18,26-14)9-25-17(18)22/h2-3,6-7,14,16,20H,4-5,8-9H2,1H3. The summed E-state index contributed by atoms with van der Waals surface area (Å²) in [6, 6.07) is 4.85. The Morgan fingerprint density at radius 1 is 1.35 bits per heavy atom. The highest BCUT2D eigenvalue weighted by Gasteiger charge is 2.77. The highest BCUT2D eigenvalue weighted by molar-refractivity contribution is 6.06. The van der Waals surface area contributed by atoms with Crippen molar-refractivity contribution in [2.24, 2.45) is 5.41 Å². The molecular formula is C19H18O7. The summed E-state index contributed by atoms with van der Waals surface area (Å²) in [5, 5.41) is 9.77. The molecule has 4 fully saturated rings. The molecular weight excluding hydrogens is 340 g/mol. The molecule has 7 heteroatoms. The summed E-state index contributed by atoms with van der Waals surface area (Å²) in [5.41, 5.74) is -0.536. The van der Waals surface area contributed by atoms with Crippen LogP contribution in [0.3, 0.4) is 0 Å². The average Bonchev–Trinajstić information content (AvgIpc) is 3.13. The van der Waals surface area contributed by atoms with Gasteiger partial charge < -0.3 is 24.1 Å². The average molecular weight is 358 g/mol. The molecule has 5 rings (SSSR count). The maximum Gasteiger partial charge on any atom is 0.315 e. The van der Waals surface area contributed by atoms with Crippen molar-refractivity contribution in [2.75, 3.05) is 20.3 Å². The minimum absolute atomic E-state index is 0.0225. The predicted octanol–water partition coefficient (Wildman–Crippen LogP) is 1.23. The molecule has 7 nitrogen and oxygen atoms in total. The Bertz CT molecular complexity index is 859. The topological polar surface area (TPSA) is 91.3 Å². The quantitative estimate of drug-likeness (QED) is 0.628. The molecule has 2 bridgehead atoms. The van der Waals surface area contributed by atoms with Gasteiger partial charge in [0, 0.05) is 18.6 Å². The zero-order valence-electron chi connectivity index (χ0n) is 14.2. The predicted molar refractivity (Wildman–Crippen MR) is 87.6 cm³/mol. The number of Topliss-reactive ketones (excluding diaryl/α,β-unsaturated/α-hetero) is 1. The normalized spacial score (nSPS) is 39.0. The van der Waals surface area contributed by atoms with Gasteiger partial charge in [0.05, 0.1) is 7.11 Å². The van der Waals surface area contributed by atoms with E-state index in [1.165, 1.54) is 13.2 Å². The van der Waals surface area contributed by atoms with Crippen LogP contribution >= 0.6 is 0 Å². The Kier molecular flexibility index (Phi) is 3.10. The second-order valence-corrected chi connectivity index (χ2v) is 7.25. The molecule has 26 heavy (non-hydrogen) atoms. The van der Waals surface area contributed by atoms with Crippen LogP contribution in [0.15, 0.2) is 23.8 Å². The van der Waals surface area contributed by atoms with Crippen LogP contribution in [0.1, 0.15) is 18.4 Å². The van der Waals surface area contributed by atoms with Crippen LogP contribution in [0.5, 0.6) is 11.5 Å². The summed E-state index contributed by atoms with van der Waals surface area (Å²) < 4.78 is 22.5. The van der Waals surface area contributed by atoms with E-state index in [9.17, 15) is 14.7 Å². The molecule has 1 aromatic carbocycles. The van der Waals surface area contributed by atoms with Crippen molar-refractivity contribution in [2.45, 2.75) is 30.7 Å². The van der Waals surface area contributed by atoms with E-state index in [4.69, 9.17) is 18.9 Å². The summed E-state index contributed by atoms with van der Waals surface area (Å²) in [6.07, 6.45) is 1.30. The van der Waals surface area contributed by atoms with Crippen LogP contribution < -0.4 is 4.74 Å². The molecule has 4 saturated heterocycles. The number of rotatable bonds is 2. The lowest BCUT2D eigenvalue weighted by atomic mass is 9.67. The molecule has 0 aromatic heterocycles. The number of hydrogen-bond acceptors (Lipinski definition) is 7. The minimum atomic E-state index is -0.923. The van der Waals surface area contributed by atoms with E-state index in [0.29, 0.717) is 36.3 Å². The zero-order valence-corrected chi connectivity index (χ0v) is 14.2. The third-order valence-corrected chi connectivity index (χ3v) is 6.13. The Hall–Kier alpha value is -2.38. The highest BCUT2D eigenvalue weighted by Crippen LogP contribution is 2.62. The molecule has 0 radical (unpaired) electrons. The maximum atomic E-state index is 13.0. The van der Waals surface area contributed by atoms with E-state index in [1.54, 1.807) is 18.2 Å². The summed E-state index contributed by atoms with van der Waals surface area (Å²) >= 11 is 0. The van der Waals surface area contributed by atoms with Gasteiger partial charge >= 0.3 is 5.97 Å². The van der Waals surface area contributed by atoms with E-state index in [-0.39, 0.29) is 24.1 Å². The van der Waals surface area contributed by atoms with Crippen molar-refractivity contribution in [1.29, 1.82) is 0 Å². The first kappa shape index (κ1) is 15.8. The number of carbonyl (C=O) groups excluding carboxylic acids is 2. The van der Waals surface area contributed by atoms with Crippen LogP contribution in [-0.4, -0.2) is 55.0 Å². The Balaban J connectivity index is 1.63. The number of phenolic OH excluding ortho intramolecular Hbond substituents is 1. The summed E-state index contributed by atoms with van der Waals surface area (Å²) in [7, 11) is 1.46. The molecule has 4 aliphatic rings. The number of aromatic hydroxyl groups is 1. The Labute approximate surface area is 149 Å². The number of ketones is 1. The number of benzene rings is 1. The molecule has 4 heterocycles. The number of methoxy groups -OCH3 is 1. The van der Waals surface area contributed by atoms with Crippen molar-refractivity contribution in [3.05, 3.63) is 29.3 Å². The van der Waals surface area contributed by atoms with Crippen LogP contribution in [0.2, 0.25) is 0 Å². The molecule has 1 N–H and O–H groups in total. The summed E-state index contributed by atoms with van der Waals surface area (Å²) in [4.78, 5) is 25.5. The van der Waals surface area contributed by atoms with Crippen molar-refractivity contribution in [1.82, 2.24) is 0 Å². The van der Waals surface area contributed by atoms with Gasteiger partial charge in [0.25, 0.3) is 0 Å². The molecule has 0 saturated carbocycles. The fraction of sp³-hybridized carbons (Fsp3) is 0.474. The molecule has 1 aromatic rings. The molecule has 0 amide bonds. The first-order valence-corrected chi connectivity index (χ1v) is 8.60. The number of esters is 1. The van der Waals surface area contributed by atoms with Gasteiger partial charge in [-0.2, -0.15) is 0 Å². The first-order valence-electron chi connectivity index (χ1n) is 8.60. The first-order chi connectivity index (χ1) is 12.5. The Morgan fingerprint density at radius 3 is 3.00 bits per heavy atom. The number of carbonyl (C=O) groups is 2. The lowest BCUT2D eigenvalue weighted by molar-refractivity contribution is -0.197. The second kappa shape index (κ2) is 5.08. The number of fused-ring (bicyclic) bond motifs is 1. The zero-order chi connectivity index (χ0) is 18.1. The Morgan fingerprint density at radius 2 is 2.19 bits per heavy atom. The van der Waals surface area contributed by atoms with E-state index >= 15 is 0 Å². The van der Waals surface area contributed by atoms with Gasteiger partial charge in [0.15, 0.2) is 17.3 Å². The lowest BCUT2D eigenvalue weighted by Crippen LogP contribution is -2.62. The van der Waals surface area contributed by atoms with E-state index in [2.05, 4.69) is 0 Å². The summed E-state index contributed by atoms with van der Waals surface area (Å²) in [5.74, 6) is -0.0996. The highest BCUT2D eigenvalue weighted by atomic mass is 16.6. The van der Waals surface area contributed by atoms with Gasteiger partial charge in [-0.3, -0.25) is 9.59 Å². The summed E-state index contributed by atoms with van der Waals surface area (Å²) in [6.45, 7) is 0.484. The molecule has 4 atom stereocenters. The minimum Gasteiger partial charge on any atom is -0.504 e. The van der Waals surface area contributed by atoms with Crippen LogP contribution in [0, 0.1) is 5.41 Å². The van der Waals surface area contributed by atoms with E-state index in [1.807, 2.05) is 0 Å². The molecule has 4 unspecified atom stereocenters. The molecule has 4 aliphatic heterocycles. The number of phenols is 1. The fourth-order valence-electron chi connectivity index (χ4n) is 4.84.